The molecule has 0 atom stereocenters. The van der Waals surface area contributed by atoms with Crippen molar-refractivity contribution in [2.45, 2.75) is 54.4 Å². The molecule has 4 nitrogen and oxygen atoms in total. The van der Waals surface area contributed by atoms with Crippen LogP contribution < -0.4 is 9.80 Å². The lowest BCUT2D eigenvalue weighted by Gasteiger charge is -2.31. The predicted molar refractivity (Wildman–Crippen MR) is 270 cm³/mol. The zero-order chi connectivity index (χ0) is 43.4. The number of nitrogens with zero attached hydrogens (tertiary/aromatic N) is 2. The third-order valence-electron chi connectivity index (χ3n) is 13.4. The molecule has 0 N–H and O–H groups in total. The van der Waals surface area contributed by atoms with Crippen molar-refractivity contribution in [1.29, 1.82) is 0 Å². The highest BCUT2D eigenvalue weighted by Crippen LogP contribution is 2.49. The van der Waals surface area contributed by atoms with Crippen LogP contribution in [0.2, 0.25) is 0 Å². The summed E-state index contributed by atoms with van der Waals surface area (Å²) in [5, 5.41) is 10.8. The number of benzene rings is 9. The standard InChI is InChI=1S/C60H48N2O2/c1-35-28-36(2)31-44(30-35)61(43-14-7-8-15-46-47-16-9-12-39(5)58(47)63-55(46)34-43)52-26-22-41-21-25-51-53(27-23-42-20-24-50(52)56(41)57(42)51)62(45-32-37(3)29-38(4)33-45)54-19-11-18-49-48-17-10-13-40(6)59(48)64-60(49)54/h7-14,16-33H,15,34H2,1-6H3/b8-7-,43-14+. The van der Waals surface area contributed by atoms with Crippen molar-refractivity contribution < 1.29 is 8.83 Å². The van der Waals surface area contributed by atoms with E-state index in [4.69, 9.17) is 8.83 Å². The van der Waals surface area contributed by atoms with E-state index in [0.717, 1.165) is 85.0 Å². The van der Waals surface area contributed by atoms with Gasteiger partial charge in [-0.3, -0.25) is 0 Å². The van der Waals surface area contributed by atoms with Crippen LogP contribution in [0.3, 0.4) is 0 Å². The van der Waals surface area contributed by atoms with Gasteiger partial charge in [-0.2, -0.15) is 0 Å². The maximum absolute atomic E-state index is 6.88. The third kappa shape index (κ3) is 5.97. The molecule has 0 aliphatic heterocycles. The van der Waals surface area contributed by atoms with Gasteiger partial charge in [-0.05, 0) is 151 Å². The fraction of sp³-hybridized carbons (Fsp3) is 0.133. The lowest BCUT2D eigenvalue weighted by atomic mass is 9.91. The quantitative estimate of drug-likeness (QED) is 0.156. The molecule has 64 heavy (non-hydrogen) atoms. The molecule has 310 valence electrons. The third-order valence-corrected chi connectivity index (χ3v) is 13.4. The maximum atomic E-state index is 6.88. The van der Waals surface area contributed by atoms with Crippen molar-refractivity contribution in [3.05, 3.63) is 208 Å². The van der Waals surface area contributed by atoms with Crippen LogP contribution in [0.15, 0.2) is 172 Å². The second-order valence-corrected chi connectivity index (χ2v) is 18.1. The monoisotopic (exact) mass is 828 g/mol. The molecule has 0 radical (unpaired) electrons. The molecular weight excluding hydrogens is 781 g/mol. The van der Waals surface area contributed by atoms with Crippen molar-refractivity contribution in [3.8, 4) is 0 Å². The summed E-state index contributed by atoms with van der Waals surface area (Å²) in [5.74, 6) is 1.03. The number of allylic oxidation sites excluding steroid dienone is 4. The summed E-state index contributed by atoms with van der Waals surface area (Å²) in [5.41, 5.74) is 17.9. The van der Waals surface area contributed by atoms with Gasteiger partial charge in [0, 0.05) is 56.0 Å². The van der Waals surface area contributed by atoms with E-state index >= 15 is 0 Å². The first-order valence-electron chi connectivity index (χ1n) is 22.4. The van der Waals surface area contributed by atoms with Gasteiger partial charge in [0.2, 0.25) is 0 Å². The minimum absolute atomic E-state index is 0.657. The second kappa shape index (κ2) is 14.5. The van der Waals surface area contributed by atoms with Crippen LogP contribution in [0.25, 0.3) is 65.2 Å². The molecule has 4 heteroatoms. The zero-order valence-corrected chi connectivity index (χ0v) is 37.1. The van der Waals surface area contributed by atoms with E-state index in [0.29, 0.717) is 6.42 Å². The SMILES string of the molecule is Cc1cc(C)cc(N(/C2=C/C=C\Cc3c(oc4c(C)cccc34)C2)c2ccc3ccc4c(N(c5cc(C)cc(C)c5)c5cccc6c5oc5c(C)cccc56)ccc5ccc2c3c54)c1. The van der Waals surface area contributed by atoms with Crippen molar-refractivity contribution in [2.24, 2.45) is 0 Å². The van der Waals surface area contributed by atoms with Gasteiger partial charge in [0.25, 0.3) is 0 Å². The summed E-state index contributed by atoms with van der Waals surface area (Å²) in [6, 6.07) is 51.7. The van der Waals surface area contributed by atoms with Gasteiger partial charge in [-0.1, -0.05) is 109 Å². The molecule has 0 unspecified atom stereocenters. The Morgan fingerprint density at radius 2 is 0.953 bits per heavy atom. The molecule has 11 aromatic rings. The first-order chi connectivity index (χ1) is 31.2. The van der Waals surface area contributed by atoms with E-state index < -0.39 is 0 Å². The van der Waals surface area contributed by atoms with Crippen LogP contribution in [-0.2, 0) is 12.8 Å². The summed E-state index contributed by atoms with van der Waals surface area (Å²) in [4.78, 5) is 4.91. The van der Waals surface area contributed by atoms with E-state index in [1.54, 1.807) is 0 Å². The largest absolute Gasteiger partial charge is 0.460 e. The van der Waals surface area contributed by atoms with E-state index in [-0.39, 0.29) is 0 Å². The van der Waals surface area contributed by atoms with Crippen LogP contribution in [0.1, 0.15) is 44.7 Å². The first-order valence-corrected chi connectivity index (χ1v) is 22.4. The Morgan fingerprint density at radius 3 is 1.58 bits per heavy atom. The van der Waals surface area contributed by atoms with Crippen LogP contribution in [-0.4, -0.2) is 0 Å². The minimum atomic E-state index is 0.657. The lowest BCUT2D eigenvalue weighted by Crippen LogP contribution is -2.19. The van der Waals surface area contributed by atoms with Crippen LogP contribution >= 0.6 is 0 Å². The van der Waals surface area contributed by atoms with Crippen LogP contribution in [0, 0.1) is 41.5 Å². The molecule has 0 saturated carbocycles. The predicted octanol–water partition coefficient (Wildman–Crippen LogP) is 16.9. The van der Waals surface area contributed by atoms with E-state index in [2.05, 4.69) is 209 Å². The maximum Gasteiger partial charge on any atom is 0.159 e. The minimum Gasteiger partial charge on any atom is -0.460 e. The van der Waals surface area contributed by atoms with Crippen molar-refractivity contribution in [2.75, 3.05) is 9.80 Å². The molecule has 2 aromatic heterocycles. The Hall–Kier alpha value is -7.56. The lowest BCUT2D eigenvalue weighted by molar-refractivity contribution is 0.552. The average Bonchev–Trinajstić information content (AvgIpc) is 3.83. The van der Waals surface area contributed by atoms with Gasteiger partial charge >= 0.3 is 0 Å². The average molecular weight is 829 g/mol. The summed E-state index contributed by atoms with van der Waals surface area (Å²) in [6.07, 6.45) is 8.29. The van der Waals surface area contributed by atoms with Crippen molar-refractivity contribution in [3.63, 3.8) is 0 Å². The van der Waals surface area contributed by atoms with Crippen molar-refractivity contribution >= 4 is 93.7 Å². The number of furan rings is 2. The highest BCUT2D eigenvalue weighted by Gasteiger charge is 2.27. The number of aryl methyl sites for hydroxylation is 6. The van der Waals surface area contributed by atoms with E-state index in [9.17, 15) is 0 Å². The van der Waals surface area contributed by atoms with Crippen molar-refractivity contribution in [1.82, 2.24) is 0 Å². The number of para-hydroxylation sites is 3. The van der Waals surface area contributed by atoms with Gasteiger partial charge in [0.1, 0.15) is 16.9 Å². The number of fused-ring (bicyclic) bond motifs is 6. The molecule has 0 saturated heterocycles. The first kappa shape index (κ1) is 38.1. The van der Waals surface area contributed by atoms with Crippen LogP contribution in [0.4, 0.5) is 28.4 Å². The highest BCUT2D eigenvalue weighted by atomic mass is 16.3. The van der Waals surface area contributed by atoms with Gasteiger partial charge in [-0.25, -0.2) is 0 Å². The van der Waals surface area contributed by atoms with E-state index in [1.165, 1.54) is 65.5 Å². The summed E-state index contributed by atoms with van der Waals surface area (Å²) < 4.78 is 13.7. The van der Waals surface area contributed by atoms with Gasteiger partial charge in [0.15, 0.2) is 5.58 Å². The topological polar surface area (TPSA) is 32.8 Å². The molecule has 0 spiro atoms. The molecule has 0 fully saturated rings. The fourth-order valence-corrected chi connectivity index (χ4v) is 10.8. The van der Waals surface area contributed by atoms with Crippen LogP contribution in [0.5, 0.6) is 0 Å². The normalized spacial score (nSPS) is 14.4. The molecule has 0 bridgehead atoms. The molecule has 12 rings (SSSR count). The Balaban J connectivity index is 1.11. The number of rotatable bonds is 6. The molecule has 1 aliphatic carbocycles. The summed E-state index contributed by atoms with van der Waals surface area (Å²) >= 11 is 0. The fourth-order valence-electron chi connectivity index (χ4n) is 10.8. The van der Waals surface area contributed by atoms with Gasteiger partial charge < -0.3 is 18.6 Å². The summed E-state index contributed by atoms with van der Waals surface area (Å²) in [6.45, 7) is 13.0. The Bertz CT molecular complexity index is 3720. The number of hydrogen-bond acceptors (Lipinski definition) is 4. The van der Waals surface area contributed by atoms with E-state index in [1.807, 2.05) is 0 Å². The Kier molecular flexibility index (Phi) is 8.64. The number of hydrogen-bond donors (Lipinski definition) is 0. The van der Waals surface area contributed by atoms with Gasteiger partial charge in [-0.15, -0.1) is 0 Å². The Labute approximate surface area is 373 Å². The second-order valence-electron chi connectivity index (χ2n) is 18.1. The summed E-state index contributed by atoms with van der Waals surface area (Å²) in [7, 11) is 0. The molecular formula is C60H48N2O2. The highest BCUT2D eigenvalue weighted by molar-refractivity contribution is 6.28. The Morgan fingerprint density at radius 1 is 0.438 bits per heavy atom. The molecule has 0 amide bonds. The zero-order valence-electron chi connectivity index (χ0n) is 37.1. The molecule has 9 aromatic carbocycles. The molecule has 2 heterocycles. The smallest absolute Gasteiger partial charge is 0.159 e. The molecule has 1 aliphatic rings. The number of anilines is 5. The van der Waals surface area contributed by atoms with Gasteiger partial charge in [0.05, 0.1) is 17.1 Å².